The zero-order chi connectivity index (χ0) is 9.97. The predicted molar refractivity (Wildman–Crippen MR) is 55.2 cm³/mol. The van der Waals surface area contributed by atoms with Crippen molar-refractivity contribution >= 4 is 6.03 Å². The molecular weight excluding hydrogens is 178 g/mol. The van der Waals surface area contributed by atoms with Gasteiger partial charge in [0.1, 0.15) is 0 Å². The van der Waals surface area contributed by atoms with Crippen LogP contribution >= 0.6 is 0 Å². The van der Waals surface area contributed by atoms with Crippen LogP contribution in [0.1, 0.15) is 19.8 Å². The highest BCUT2D eigenvalue weighted by Crippen LogP contribution is 2.26. The summed E-state index contributed by atoms with van der Waals surface area (Å²) in [6.07, 6.45) is 2.42. The Kier molecular flexibility index (Phi) is 2.91. The number of urea groups is 1. The fourth-order valence-electron chi connectivity index (χ4n) is 2.57. The number of nitrogens with one attached hydrogen (secondary N) is 2. The summed E-state index contributed by atoms with van der Waals surface area (Å²) in [5, 5.41) is 6.26. The van der Waals surface area contributed by atoms with Crippen molar-refractivity contribution in [3.63, 3.8) is 0 Å². The van der Waals surface area contributed by atoms with Crippen molar-refractivity contribution in [1.29, 1.82) is 0 Å². The first-order valence-electron chi connectivity index (χ1n) is 5.58. The Labute approximate surface area is 85.0 Å². The normalized spacial score (nSPS) is 31.4. The largest absolute Gasteiger partial charge is 0.338 e. The standard InChI is InChI=1S/C10H19N3O/c1-2-12-10(14)13-5-3-4-8-6-11-7-9(8)13/h8-9,11H,2-7H2,1H3,(H,12,14)/t8-,9+/m1/s1. The third kappa shape index (κ3) is 1.71. The van der Waals surface area contributed by atoms with Gasteiger partial charge in [-0.3, -0.25) is 0 Å². The van der Waals surface area contributed by atoms with Crippen molar-refractivity contribution in [3.05, 3.63) is 0 Å². The molecule has 0 aliphatic carbocycles. The number of piperidine rings is 1. The molecule has 2 amide bonds. The van der Waals surface area contributed by atoms with Gasteiger partial charge in [-0.2, -0.15) is 0 Å². The highest BCUT2D eigenvalue weighted by Gasteiger charge is 2.36. The Balaban J connectivity index is 1.99. The quantitative estimate of drug-likeness (QED) is 0.639. The van der Waals surface area contributed by atoms with Crippen LogP contribution < -0.4 is 10.6 Å². The average Bonchev–Trinajstić information content (AvgIpc) is 2.65. The summed E-state index contributed by atoms with van der Waals surface area (Å²) < 4.78 is 0. The van der Waals surface area contributed by atoms with E-state index in [9.17, 15) is 4.79 Å². The number of hydrogen-bond acceptors (Lipinski definition) is 2. The van der Waals surface area contributed by atoms with Crippen LogP contribution in [-0.4, -0.2) is 43.2 Å². The van der Waals surface area contributed by atoms with Crippen molar-refractivity contribution in [2.24, 2.45) is 5.92 Å². The highest BCUT2D eigenvalue weighted by molar-refractivity contribution is 5.74. The number of carbonyl (C=O) groups is 1. The predicted octanol–water partition coefficient (Wildman–Crippen LogP) is 0.400. The lowest BCUT2D eigenvalue weighted by Gasteiger charge is -2.36. The monoisotopic (exact) mass is 197 g/mol. The first kappa shape index (κ1) is 9.77. The van der Waals surface area contributed by atoms with E-state index >= 15 is 0 Å². The molecule has 0 radical (unpaired) electrons. The van der Waals surface area contributed by atoms with Crippen molar-refractivity contribution in [1.82, 2.24) is 15.5 Å². The maximum absolute atomic E-state index is 11.7. The second-order valence-corrected chi connectivity index (χ2v) is 4.16. The molecule has 14 heavy (non-hydrogen) atoms. The van der Waals surface area contributed by atoms with Gasteiger partial charge in [-0.25, -0.2) is 4.79 Å². The van der Waals surface area contributed by atoms with Crippen LogP contribution in [0.4, 0.5) is 4.79 Å². The molecule has 0 aromatic rings. The molecule has 4 heteroatoms. The van der Waals surface area contributed by atoms with Gasteiger partial charge < -0.3 is 15.5 Å². The van der Waals surface area contributed by atoms with E-state index in [0.29, 0.717) is 12.0 Å². The van der Waals surface area contributed by atoms with E-state index in [1.165, 1.54) is 6.42 Å². The fourth-order valence-corrected chi connectivity index (χ4v) is 2.57. The average molecular weight is 197 g/mol. The first-order chi connectivity index (χ1) is 6.83. The van der Waals surface area contributed by atoms with Gasteiger partial charge in [0.05, 0.1) is 0 Å². The van der Waals surface area contributed by atoms with Crippen molar-refractivity contribution in [3.8, 4) is 0 Å². The van der Waals surface area contributed by atoms with Gasteiger partial charge in [-0.15, -0.1) is 0 Å². The number of rotatable bonds is 1. The van der Waals surface area contributed by atoms with E-state index in [1.807, 2.05) is 11.8 Å². The molecule has 2 heterocycles. The summed E-state index contributed by atoms with van der Waals surface area (Å²) in [4.78, 5) is 13.7. The molecule has 2 rings (SSSR count). The molecule has 0 aromatic heterocycles. The lowest BCUT2D eigenvalue weighted by atomic mass is 9.92. The zero-order valence-corrected chi connectivity index (χ0v) is 8.75. The summed E-state index contributed by atoms with van der Waals surface area (Å²) in [5.74, 6) is 0.686. The SMILES string of the molecule is CCNC(=O)N1CCC[C@@H]2CNC[C@@H]21. The first-order valence-corrected chi connectivity index (χ1v) is 5.58. The second kappa shape index (κ2) is 4.17. The van der Waals surface area contributed by atoms with E-state index in [0.717, 1.165) is 32.6 Å². The Hall–Kier alpha value is -0.770. The Bertz CT molecular complexity index is 219. The molecule has 0 aromatic carbocycles. The van der Waals surface area contributed by atoms with E-state index in [2.05, 4.69) is 10.6 Å². The summed E-state index contributed by atoms with van der Waals surface area (Å²) in [6.45, 7) is 5.67. The smallest absolute Gasteiger partial charge is 0.317 e. The minimum absolute atomic E-state index is 0.117. The van der Waals surface area contributed by atoms with Gasteiger partial charge in [0.2, 0.25) is 0 Å². The number of fused-ring (bicyclic) bond motifs is 1. The van der Waals surface area contributed by atoms with Gasteiger partial charge in [0, 0.05) is 32.2 Å². The summed E-state index contributed by atoms with van der Waals surface area (Å²) >= 11 is 0. The Morgan fingerprint density at radius 1 is 1.57 bits per heavy atom. The summed E-state index contributed by atoms with van der Waals surface area (Å²) in [6, 6.07) is 0.557. The molecule has 2 fully saturated rings. The minimum Gasteiger partial charge on any atom is -0.338 e. The Morgan fingerprint density at radius 2 is 2.43 bits per heavy atom. The number of amides is 2. The van der Waals surface area contributed by atoms with Gasteiger partial charge in [-0.05, 0) is 25.7 Å². The molecule has 0 saturated carbocycles. The van der Waals surface area contributed by atoms with Crippen LogP contribution in [0.15, 0.2) is 0 Å². The lowest BCUT2D eigenvalue weighted by molar-refractivity contribution is 0.137. The summed E-state index contributed by atoms with van der Waals surface area (Å²) in [5.41, 5.74) is 0. The van der Waals surface area contributed by atoms with Crippen LogP contribution in [0.3, 0.4) is 0 Å². The molecule has 0 spiro atoms. The molecular formula is C10H19N3O. The maximum atomic E-state index is 11.7. The third-order valence-electron chi connectivity index (χ3n) is 3.27. The van der Waals surface area contributed by atoms with Gasteiger partial charge in [-0.1, -0.05) is 0 Å². The molecule has 2 N–H and O–H groups in total. The van der Waals surface area contributed by atoms with Crippen LogP contribution in [0.25, 0.3) is 0 Å². The minimum atomic E-state index is 0.117. The maximum Gasteiger partial charge on any atom is 0.317 e. The number of carbonyl (C=O) groups excluding carboxylic acids is 1. The van der Waals surface area contributed by atoms with Gasteiger partial charge in [0.25, 0.3) is 0 Å². The van der Waals surface area contributed by atoms with Gasteiger partial charge >= 0.3 is 6.03 Å². The van der Waals surface area contributed by atoms with E-state index in [-0.39, 0.29) is 6.03 Å². The third-order valence-corrected chi connectivity index (χ3v) is 3.27. The molecule has 2 saturated heterocycles. The van der Waals surface area contributed by atoms with Crippen molar-refractivity contribution in [2.45, 2.75) is 25.8 Å². The summed E-state index contributed by atoms with van der Waals surface area (Å²) in [7, 11) is 0. The molecule has 80 valence electrons. The topological polar surface area (TPSA) is 44.4 Å². The van der Waals surface area contributed by atoms with Crippen LogP contribution in [-0.2, 0) is 0 Å². The fraction of sp³-hybridized carbons (Fsp3) is 0.900. The molecule has 0 bridgehead atoms. The highest BCUT2D eigenvalue weighted by atomic mass is 16.2. The molecule has 2 atom stereocenters. The molecule has 2 aliphatic rings. The van der Waals surface area contributed by atoms with E-state index < -0.39 is 0 Å². The van der Waals surface area contributed by atoms with Crippen LogP contribution in [0.2, 0.25) is 0 Å². The van der Waals surface area contributed by atoms with Crippen LogP contribution in [0, 0.1) is 5.92 Å². The van der Waals surface area contributed by atoms with Crippen molar-refractivity contribution < 1.29 is 4.79 Å². The second-order valence-electron chi connectivity index (χ2n) is 4.16. The number of hydrogen-bond donors (Lipinski definition) is 2. The molecule has 2 aliphatic heterocycles. The van der Waals surface area contributed by atoms with Gasteiger partial charge in [0.15, 0.2) is 0 Å². The number of likely N-dealkylation sites (tertiary alicyclic amines) is 1. The van der Waals surface area contributed by atoms with E-state index in [1.54, 1.807) is 0 Å². The van der Waals surface area contributed by atoms with Crippen LogP contribution in [0.5, 0.6) is 0 Å². The Morgan fingerprint density at radius 3 is 3.21 bits per heavy atom. The molecule has 4 nitrogen and oxygen atoms in total. The lowest BCUT2D eigenvalue weighted by Crippen LogP contribution is -2.52. The van der Waals surface area contributed by atoms with E-state index in [4.69, 9.17) is 0 Å². The molecule has 0 unspecified atom stereocenters. The van der Waals surface area contributed by atoms with Crippen molar-refractivity contribution in [2.75, 3.05) is 26.2 Å². The zero-order valence-electron chi connectivity index (χ0n) is 8.75. The number of nitrogens with zero attached hydrogens (tertiary/aromatic N) is 1.